The van der Waals surface area contributed by atoms with Crippen molar-refractivity contribution in [2.75, 3.05) is 5.75 Å². The van der Waals surface area contributed by atoms with Gasteiger partial charge >= 0.3 is 5.97 Å². The maximum Gasteiger partial charge on any atom is 0.353 e. The van der Waals surface area contributed by atoms with Crippen LogP contribution in [0.15, 0.2) is 41.1 Å². The monoisotopic (exact) mass is 366 g/mol. The van der Waals surface area contributed by atoms with Crippen molar-refractivity contribution < 1.29 is 19.5 Å². The number of thioether (sulfide) groups is 1. The lowest BCUT2D eigenvalue weighted by molar-refractivity contribution is -0.150. The topological polar surface area (TPSA) is 86.7 Å². The van der Waals surface area contributed by atoms with E-state index in [0.717, 1.165) is 10.5 Å². The highest BCUT2D eigenvalue weighted by Crippen LogP contribution is 2.41. The summed E-state index contributed by atoms with van der Waals surface area (Å²) in [6, 6.07) is 8.52. The summed E-state index contributed by atoms with van der Waals surface area (Å²) in [4.78, 5) is 37.1. The molecule has 2 amide bonds. The Balaban J connectivity index is 1.71. The molecule has 1 saturated heterocycles. The molecular weight excluding hydrogens is 352 g/mol. The van der Waals surface area contributed by atoms with Gasteiger partial charge in [0.05, 0.1) is 11.0 Å². The van der Waals surface area contributed by atoms with Crippen LogP contribution in [0.2, 0.25) is 0 Å². The summed E-state index contributed by atoms with van der Waals surface area (Å²) in [7, 11) is 0. The molecule has 1 aromatic rings. The van der Waals surface area contributed by atoms with E-state index in [1.807, 2.05) is 30.3 Å². The summed E-state index contributed by atoms with van der Waals surface area (Å²) in [6.07, 6.45) is 0. The number of β-lactam (4-membered cyclic amide) rings is 1. The maximum absolute atomic E-state index is 12.4. The normalized spacial score (nSPS) is 24.1. The third-order valence-corrected chi connectivity index (χ3v) is 5.87. The molecule has 0 aliphatic carbocycles. The summed E-state index contributed by atoms with van der Waals surface area (Å²) in [5.41, 5.74) is 0.663. The zero-order valence-electron chi connectivity index (χ0n) is 12.7. The second kappa shape index (κ2) is 6.49. The average Bonchev–Trinajstić information content (AvgIpc) is 2.59. The molecule has 0 spiro atoms. The number of hydrogen-bond donors (Lipinski definition) is 2. The Kier molecular flexibility index (Phi) is 4.56. The van der Waals surface area contributed by atoms with Gasteiger partial charge in [0.15, 0.2) is 0 Å². The van der Waals surface area contributed by atoms with Crippen molar-refractivity contribution in [3.05, 3.63) is 46.6 Å². The first-order chi connectivity index (χ1) is 11.4. The van der Waals surface area contributed by atoms with E-state index in [4.69, 9.17) is 11.6 Å². The predicted molar refractivity (Wildman–Crippen MR) is 90.4 cm³/mol. The third kappa shape index (κ3) is 2.78. The zero-order chi connectivity index (χ0) is 17.4. The number of carboxylic acids is 1. The van der Waals surface area contributed by atoms with Crippen LogP contribution in [0.25, 0.3) is 0 Å². The molecule has 8 heteroatoms. The molecule has 2 aliphatic rings. The van der Waals surface area contributed by atoms with Gasteiger partial charge in [0.1, 0.15) is 17.1 Å². The number of nitrogens with zero attached hydrogens (tertiary/aromatic N) is 1. The van der Waals surface area contributed by atoms with E-state index in [1.165, 1.54) is 11.8 Å². The summed E-state index contributed by atoms with van der Waals surface area (Å²) >= 11 is 7.26. The van der Waals surface area contributed by atoms with Gasteiger partial charge in [-0.15, -0.1) is 11.8 Å². The van der Waals surface area contributed by atoms with Crippen LogP contribution >= 0.6 is 23.4 Å². The minimum atomic E-state index is -1.24. The van der Waals surface area contributed by atoms with Crippen molar-refractivity contribution in [1.29, 1.82) is 0 Å². The van der Waals surface area contributed by atoms with Crippen LogP contribution in [0.3, 0.4) is 0 Å². The number of halogens is 1. The van der Waals surface area contributed by atoms with Crippen LogP contribution < -0.4 is 5.32 Å². The standard InChI is InChI=1S/C16H15ClN2O4S/c1-8(9-5-3-2-4-6-9)13(20)18-11-14(21)19-12(16(22)23)10(17)7-24-15(11)19/h2-6,8,11,15H,7H2,1H3,(H,18,20)(H,22,23)/t8?,11?,15-/m1/s1. The minimum Gasteiger partial charge on any atom is -0.477 e. The minimum absolute atomic E-state index is 0.138. The van der Waals surface area contributed by atoms with Crippen LogP contribution in [0.5, 0.6) is 0 Å². The first kappa shape index (κ1) is 16.9. The molecule has 0 saturated carbocycles. The van der Waals surface area contributed by atoms with Crippen LogP contribution in [0.1, 0.15) is 18.4 Å². The van der Waals surface area contributed by atoms with Gasteiger partial charge in [0.25, 0.3) is 5.91 Å². The molecule has 126 valence electrons. The lowest BCUT2D eigenvalue weighted by Crippen LogP contribution is -2.70. The van der Waals surface area contributed by atoms with Crippen molar-refractivity contribution >= 4 is 41.1 Å². The second-order valence-electron chi connectivity index (χ2n) is 5.59. The molecular formula is C16H15ClN2O4S. The van der Waals surface area contributed by atoms with E-state index < -0.39 is 29.2 Å². The lowest BCUT2D eigenvalue weighted by atomic mass is 9.98. The van der Waals surface area contributed by atoms with Crippen LogP contribution in [0, 0.1) is 0 Å². The Bertz CT molecular complexity index is 737. The van der Waals surface area contributed by atoms with Crippen molar-refractivity contribution in [1.82, 2.24) is 10.2 Å². The van der Waals surface area contributed by atoms with Gasteiger partial charge in [-0.25, -0.2) is 4.79 Å². The smallest absolute Gasteiger partial charge is 0.353 e. The molecule has 6 nitrogen and oxygen atoms in total. The third-order valence-electron chi connectivity index (χ3n) is 4.11. The molecule has 1 fully saturated rings. The van der Waals surface area contributed by atoms with Crippen molar-refractivity contribution in [2.24, 2.45) is 0 Å². The molecule has 0 radical (unpaired) electrons. The van der Waals surface area contributed by atoms with E-state index >= 15 is 0 Å². The van der Waals surface area contributed by atoms with Gasteiger partial charge in [-0.2, -0.15) is 0 Å². The summed E-state index contributed by atoms with van der Waals surface area (Å²) in [5, 5.41) is 11.7. The zero-order valence-corrected chi connectivity index (χ0v) is 14.3. The Labute approximate surface area is 147 Å². The molecule has 2 N–H and O–H groups in total. The summed E-state index contributed by atoms with van der Waals surface area (Å²) in [6.45, 7) is 1.76. The predicted octanol–water partition coefficient (Wildman–Crippen LogP) is 1.72. The fraction of sp³-hybridized carbons (Fsp3) is 0.312. The van der Waals surface area contributed by atoms with Crippen molar-refractivity contribution in [3.8, 4) is 0 Å². The number of amides is 2. The molecule has 3 rings (SSSR count). The van der Waals surface area contributed by atoms with E-state index in [2.05, 4.69) is 5.32 Å². The molecule has 0 aromatic heterocycles. The number of rotatable bonds is 4. The van der Waals surface area contributed by atoms with E-state index in [-0.39, 0.29) is 16.6 Å². The SMILES string of the molecule is CC(C(=O)NC1C(=O)N2C(C(=O)O)=C(Cl)CS[C@H]12)c1ccccc1. The van der Waals surface area contributed by atoms with Gasteiger partial charge in [0, 0.05) is 5.75 Å². The Morgan fingerprint density at radius 2 is 2.04 bits per heavy atom. The van der Waals surface area contributed by atoms with Gasteiger partial charge in [-0.05, 0) is 12.5 Å². The van der Waals surface area contributed by atoms with Crippen molar-refractivity contribution in [3.63, 3.8) is 0 Å². The first-order valence-electron chi connectivity index (χ1n) is 7.33. The summed E-state index contributed by atoms with van der Waals surface area (Å²) < 4.78 is 0. The largest absolute Gasteiger partial charge is 0.477 e. The Morgan fingerprint density at radius 1 is 1.38 bits per heavy atom. The van der Waals surface area contributed by atoms with Gasteiger partial charge in [0.2, 0.25) is 5.91 Å². The van der Waals surface area contributed by atoms with Crippen LogP contribution in [0.4, 0.5) is 0 Å². The highest BCUT2D eigenvalue weighted by Gasteiger charge is 2.54. The number of fused-ring (bicyclic) bond motifs is 1. The quantitative estimate of drug-likeness (QED) is 0.792. The van der Waals surface area contributed by atoms with Crippen LogP contribution in [-0.2, 0) is 14.4 Å². The fourth-order valence-electron chi connectivity index (χ4n) is 2.75. The lowest BCUT2D eigenvalue weighted by Gasteiger charge is -2.49. The fourth-order valence-corrected chi connectivity index (χ4v) is 4.30. The Morgan fingerprint density at radius 3 is 2.67 bits per heavy atom. The average molecular weight is 367 g/mol. The molecule has 1 aromatic carbocycles. The van der Waals surface area contributed by atoms with E-state index in [1.54, 1.807) is 6.92 Å². The molecule has 3 atom stereocenters. The molecule has 2 aliphatic heterocycles. The number of hydrogen-bond acceptors (Lipinski definition) is 4. The summed E-state index contributed by atoms with van der Waals surface area (Å²) in [5.74, 6) is -2.05. The highest BCUT2D eigenvalue weighted by atomic mass is 35.5. The van der Waals surface area contributed by atoms with E-state index in [9.17, 15) is 19.5 Å². The number of carbonyl (C=O) groups excluding carboxylic acids is 2. The molecule has 24 heavy (non-hydrogen) atoms. The maximum atomic E-state index is 12.4. The second-order valence-corrected chi connectivity index (χ2v) is 7.15. The van der Waals surface area contributed by atoms with Gasteiger partial charge in [-0.1, -0.05) is 41.9 Å². The molecule has 2 heterocycles. The molecule has 0 bridgehead atoms. The van der Waals surface area contributed by atoms with Crippen LogP contribution in [-0.4, -0.2) is 45.0 Å². The number of nitrogens with one attached hydrogen (secondary N) is 1. The highest BCUT2D eigenvalue weighted by molar-refractivity contribution is 8.00. The number of benzene rings is 1. The Hall–Kier alpha value is -1.99. The number of carbonyl (C=O) groups is 3. The first-order valence-corrected chi connectivity index (χ1v) is 8.76. The van der Waals surface area contributed by atoms with Gasteiger partial charge in [-0.3, -0.25) is 14.5 Å². The van der Waals surface area contributed by atoms with E-state index in [0.29, 0.717) is 5.75 Å². The number of aliphatic carboxylic acids is 1. The van der Waals surface area contributed by atoms with Gasteiger partial charge < -0.3 is 10.4 Å². The van der Waals surface area contributed by atoms with Crippen molar-refractivity contribution in [2.45, 2.75) is 24.3 Å². The molecule has 2 unspecified atom stereocenters. The number of carboxylic acid groups (broad SMARTS) is 1.